The van der Waals surface area contributed by atoms with E-state index in [1.54, 1.807) is 7.05 Å². The summed E-state index contributed by atoms with van der Waals surface area (Å²) >= 11 is 0. The Morgan fingerprint density at radius 1 is 1.03 bits per heavy atom. The molecule has 9 heteroatoms. The largest absolute Gasteiger partial charge is 0.452 e. The summed E-state index contributed by atoms with van der Waals surface area (Å²) < 4.78 is 30.3. The third-order valence-corrected chi connectivity index (χ3v) is 6.06. The average Bonchev–Trinajstić information content (AvgIpc) is 2.72. The maximum atomic E-state index is 12.3. The molecule has 0 unspecified atom stereocenters. The second kappa shape index (κ2) is 9.64. The number of carbonyl (C=O) groups is 2. The Bertz CT molecular complexity index is 990. The fourth-order valence-corrected chi connectivity index (χ4v) is 3.50. The van der Waals surface area contributed by atoms with Crippen LogP contribution in [0.1, 0.15) is 21.5 Å². The maximum absolute atomic E-state index is 12.3. The minimum absolute atomic E-state index is 0.0185. The number of nitrogens with zero attached hydrogens (tertiary/aromatic N) is 2. The van der Waals surface area contributed by atoms with Gasteiger partial charge in [0.05, 0.1) is 17.6 Å². The van der Waals surface area contributed by atoms with E-state index < -0.39 is 22.6 Å². The van der Waals surface area contributed by atoms with Gasteiger partial charge >= 0.3 is 5.97 Å². The second-order valence-electron chi connectivity index (χ2n) is 6.38. The van der Waals surface area contributed by atoms with E-state index in [0.29, 0.717) is 11.0 Å². The number of esters is 1. The zero-order valence-electron chi connectivity index (χ0n) is 16.8. The number of likely N-dealkylation sites (N-methyl/N-ethyl adjacent to an activating group) is 1. The van der Waals surface area contributed by atoms with Crippen LogP contribution in [0.4, 0.5) is 0 Å². The Kier molecular flexibility index (Phi) is 7.49. The standard InChI is InChI=1S/C20H24N2O6S/c1-15-8-5-6-9-17(15)13-21(2)19(23)14-28-20(24)16-10-7-11-18(12-16)29(25,26)22(3)27-4/h5-12H,13-14H2,1-4H3. The van der Waals surface area contributed by atoms with Gasteiger partial charge in [0.15, 0.2) is 6.61 Å². The first-order valence-corrected chi connectivity index (χ1v) is 10.2. The molecular weight excluding hydrogens is 396 g/mol. The van der Waals surface area contributed by atoms with Crippen LogP contribution < -0.4 is 0 Å². The lowest BCUT2D eigenvalue weighted by atomic mass is 10.1. The molecule has 8 nitrogen and oxygen atoms in total. The van der Waals surface area contributed by atoms with Gasteiger partial charge in [0.1, 0.15) is 0 Å². The molecule has 156 valence electrons. The summed E-state index contributed by atoms with van der Waals surface area (Å²) in [5.74, 6) is -1.16. The van der Waals surface area contributed by atoms with E-state index >= 15 is 0 Å². The van der Waals surface area contributed by atoms with Crippen molar-refractivity contribution in [2.45, 2.75) is 18.4 Å². The number of hydrogen-bond acceptors (Lipinski definition) is 6. The van der Waals surface area contributed by atoms with E-state index in [2.05, 4.69) is 0 Å². The van der Waals surface area contributed by atoms with Crippen LogP contribution in [0, 0.1) is 6.92 Å². The smallest absolute Gasteiger partial charge is 0.338 e. The molecule has 2 rings (SSSR count). The Balaban J connectivity index is 2.01. The van der Waals surface area contributed by atoms with Gasteiger partial charge in [-0.25, -0.2) is 13.2 Å². The predicted molar refractivity (Wildman–Crippen MR) is 106 cm³/mol. The molecule has 0 saturated carbocycles. The fraction of sp³-hybridized carbons (Fsp3) is 0.300. The highest BCUT2D eigenvalue weighted by atomic mass is 32.2. The molecule has 0 aliphatic carbocycles. The summed E-state index contributed by atoms with van der Waals surface area (Å²) in [7, 11) is 0.177. The lowest BCUT2D eigenvalue weighted by Gasteiger charge is -2.18. The quantitative estimate of drug-likeness (QED) is 0.479. The van der Waals surface area contributed by atoms with Gasteiger partial charge in [-0.1, -0.05) is 34.8 Å². The third kappa shape index (κ3) is 5.63. The molecule has 0 aliphatic rings. The van der Waals surface area contributed by atoms with Crippen molar-refractivity contribution in [1.29, 1.82) is 0 Å². The van der Waals surface area contributed by atoms with Crippen molar-refractivity contribution in [1.82, 2.24) is 9.37 Å². The lowest BCUT2D eigenvalue weighted by Crippen LogP contribution is -2.31. The molecule has 0 aliphatic heterocycles. The highest BCUT2D eigenvalue weighted by Gasteiger charge is 2.22. The highest BCUT2D eigenvalue weighted by molar-refractivity contribution is 7.89. The molecule has 0 heterocycles. The molecule has 0 aromatic heterocycles. The molecule has 1 amide bonds. The van der Waals surface area contributed by atoms with Crippen molar-refractivity contribution < 1.29 is 27.6 Å². The fourth-order valence-electron chi connectivity index (χ4n) is 2.48. The number of benzene rings is 2. The Morgan fingerprint density at radius 3 is 2.38 bits per heavy atom. The molecule has 0 fully saturated rings. The molecule has 0 saturated heterocycles. The Morgan fingerprint density at radius 2 is 1.72 bits per heavy atom. The van der Waals surface area contributed by atoms with Gasteiger partial charge in [-0.15, -0.1) is 0 Å². The van der Waals surface area contributed by atoms with E-state index in [-0.39, 0.29) is 16.4 Å². The summed E-state index contributed by atoms with van der Waals surface area (Å²) in [5, 5.41) is 0. The van der Waals surface area contributed by atoms with Gasteiger partial charge in [0.25, 0.3) is 15.9 Å². The number of aryl methyl sites for hydroxylation is 1. The van der Waals surface area contributed by atoms with E-state index in [0.717, 1.165) is 11.1 Å². The van der Waals surface area contributed by atoms with Gasteiger partial charge < -0.3 is 9.64 Å². The lowest BCUT2D eigenvalue weighted by molar-refractivity contribution is -0.133. The van der Waals surface area contributed by atoms with Crippen LogP contribution in [0.15, 0.2) is 53.4 Å². The summed E-state index contributed by atoms with van der Waals surface area (Å²) in [4.78, 5) is 30.6. The molecule has 0 atom stereocenters. The van der Waals surface area contributed by atoms with Crippen molar-refractivity contribution in [2.24, 2.45) is 0 Å². The number of ether oxygens (including phenoxy) is 1. The molecule has 2 aromatic rings. The highest BCUT2D eigenvalue weighted by Crippen LogP contribution is 2.17. The van der Waals surface area contributed by atoms with Crippen LogP contribution >= 0.6 is 0 Å². The first-order valence-electron chi connectivity index (χ1n) is 8.75. The third-order valence-electron chi connectivity index (χ3n) is 4.38. The number of amides is 1. The summed E-state index contributed by atoms with van der Waals surface area (Å²) in [6.45, 7) is 1.89. The predicted octanol–water partition coefficient (Wildman–Crippen LogP) is 1.99. The first-order chi connectivity index (χ1) is 13.7. The van der Waals surface area contributed by atoms with Crippen LogP contribution in [0.2, 0.25) is 0 Å². The van der Waals surface area contributed by atoms with Crippen LogP contribution in [0.5, 0.6) is 0 Å². The van der Waals surface area contributed by atoms with E-state index in [1.165, 1.54) is 43.3 Å². The van der Waals surface area contributed by atoms with Crippen molar-refractivity contribution in [3.05, 3.63) is 65.2 Å². The van der Waals surface area contributed by atoms with Crippen molar-refractivity contribution in [3.8, 4) is 0 Å². The zero-order chi connectivity index (χ0) is 21.6. The summed E-state index contributed by atoms with van der Waals surface area (Å²) in [6.07, 6.45) is 0. The van der Waals surface area contributed by atoms with Crippen LogP contribution in [-0.2, 0) is 30.9 Å². The number of sulfonamides is 1. The van der Waals surface area contributed by atoms with Crippen LogP contribution in [-0.4, -0.2) is 57.5 Å². The van der Waals surface area contributed by atoms with Crippen LogP contribution in [0.3, 0.4) is 0 Å². The van der Waals surface area contributed by atoms with Crippen LogP contribution in [0.25, 0.3) is 0 Å². The number of hydrogen-bond donors (Lipinski definition) is 0. The topological polar surface area (TPSA) is 93.2 Å². The van der Waals surface area contributed by atoms with Crippen molar-refractivity contribution in [2.75, 3.05) is 27.8 Å². The first kappa shape index (κ1) is 22.5. The SMILES string of the molecule is CON(C)S(=O)(=O)c1cccc(C(=O)OCC(=O)N(C)Cc2ccccc2C)c1. The molecule has 29 heavy (non-hydrogen) atoms. The molecule has 0 N–H and O–H groups in total. The zero-order valence-corrected chi connectivity index (χ0v) is 17.6. The number of hydroxylamine groups is 1. The normalized spacial score (nSPS) is 11.3. The van der Waals surface area contributed by atoms with Crippen molar-refractivity contribution >= 4 is 21.9 Å². The van der Waals surface area contributed by atoms with Gasteiger partial charge in [-0.3, -0.25) is 9.63 Å². The monoisotopic (exact) mass is 420 g/mol. The molecular formula is C20H24N2O6S. The van der Waals surface area contributed by atoms with E-state index in [1.807, 2.05) is 31.2 Å². The Labute approximate surface area is 170 Å². The summed E-state index contributed by atoms with van der Waals surface area (Å²) in [6, 6.07) is 13.0. The molecule has 0 radical (unpaired) electrons. The molecule has 2 aromatic carbocycles. The van der Waals surface area contributed by atoms with E-state index in [4.69, 9.17) is 9.57 Å². The van der Waals surface area contributed by atoms with Gasteiger partial charge in [0.2, 0.25) is 0 Å². The minimum atomic E-state index is -3.90. The van der Waals surface area contributed by atoms with Gasteiger partial charge in [-0.2, -0.15) is 0 Å². The van der Waals surface area contributed by atoms with Gasteiger partial charge in [0, 0.05) is 20.6 Å². The molecule has 0 spiro atoms. The summed E-state index contributed by atoms with van der Waals surface area (Å²) in [5.41, 5.74) is 2.07. The number of rotatable bonds is 8. The van der Waals surface area contributed by atoms with Crippen molar-refractivity contribution in [3.63, 3.8) is 0 Å². The van der Waals surface area contributed by atoms with E-state index in [9.17, 15) is 18.0 Å². The average molecular weight is 420 g/mol. The number of carbonyl (C=O) groups excluding carboxylic acids is 2. The Hall–Kier alpha value is -2.75. The van der Waals surface area contributed by atoms with Gasteiger partial charge in [-0.05, 0) is 36.2 Å². The maximum Gasteiger partial charge on any atom is 0.338 e. The minimum Gasteiger partial charge on any atom is -0.452 e. The molecule has 0 bridgehead atoms. The second-order valence-corrected chi connectivity index (χ2v) is 8.31.